The minimum atomic E-state index is -0.212. The summed E-state index contributed by atoms with van der Waals surface area (Å²) in [6, 6.07) is -0.212. The van der Waals surface area contributed by atoms with Crippen molar-refractivity contribution in [2.45, 2.75) is 19.4 Å². The van der Waals surface area contributed by atoms with Crippen molar-refractivity contribution >= 4 is 5.78 Å². The van der Waals surface area contributed by atoms with E-state index in [1.807, 2.05) is 21.0 Å². The second-order valence-corrected chi connectivity index (χ2v) is 3.29. The lowest BCUT2D eigenvalue weighted by atomic mass is 10.1. The molecule has 1 atom stereocenters. The molecule has 1 aromatic heterocycles. The van der Waals surface area contributed by atoms with Crippen molar-refractivity contribution < 1.29 is 4.79 Å². The molecule has 0 saturated carbocycles. The summed E-state index contributed by atoms with van der Waals surface area (Å²) >= 11 is 0. The largest absolute Gasteiger partial charge is 0.342 e. The van der Waals surface area contributed by atoms with Crippen LogP contribution in [0.1, 0.15) is 24.0 Å². The third-order valence-electron chi connectivity index (χ3n) is 1.87. The molecular weight excluding hydrogens is 180 g/mol. The molecular formula is C9H16N4O. The third-order valence-corrected chi connectivity index (χ3v) is 1.87. The first-order valence-corrected chi connectivity index (χ1v) is 4.62. The first kappa shape index (κ1) is 10.9. The second kappa shape index (κ2) is 4.88. The van der Waals surface area contributed by atoms with Gasteiger partial charge in [-0.25, -0.2) is 15.4 Å². The lowest BCUT2D eigenvalue weighted by Gasteiger charge is -2.19. The van der Waals surface area contributed by atoms with Crippen LogP contribution < -0.4 is 5.43 Å². The molecule has 5 nitrogen and oxygen atoms in total. The summed E-state index contributed by atoms with van der Waals surface area (Å²) in [7, 11) is 3.72. The maximum absolute atomic E-state index is 11.8. The van der Waals surface area contributed by atoms with E-state index >= 15 is 0 Å². The fourth-order valence-electron chi connectivity index (χ4n) is 1.21. The summed E-state index contributed by atoms with van der Waals surface area (Å²) in [5.74, 6) is 0.400. The number of nitrogens with one attached hydrogen (secondary N) is 2. The maximum Gasteiger partial charge on any atom is 0.216 e. The van der Waals surface area contributed by atoms with Crippen molar-refractivity contribution in [1.82, 2.24) is 20.4 Å². The van der Waals surface area contributed by atoms with Crippen LogP contribution in [0.5, 0.6) is 0 Å². The Morgan fingerprint density at radius 1 is 1.71 bits per heavy atom. The number of imidazole rings is 1. The SMILES string of the molecule is CCC(NN(C)C)C(=O)c1ncc[nH]1. The molecule has 14 heavy (non-hydrogen) atoms. The van der Waals surface area contributed by atoms with E-state index in [0.717, 1.165) is 6.42 Å². The van der Waals surface area contributed by atoms with Crippen LogP contribution in [0.15, 0.2) is 12.4 Å². The van der Waals surface area contributed by atoms with Crippen LogP contribution in [-0.2, 0) is 0 Å². The zero-order chi connectivity index (χ0) is 10.6. The number of hydrogen-bond acceptors (Lipinski definition) is 4. The van der Waals surface area contributed by atoms with Crippen molar-refractivity contribution in [3.8, 4) is 0 Å². The van der Waals surface area contributed by atoms with Gasteiger partial charge >= 0.3 is 0 Å². The van der Waals surface area contributed by atoms with Crippen molar-refractivity contribution in [1.29, 1.82) is 0 Å². The van der Waals surface area contributed by atoms with Crippen molar-refractivity contribution in [3.05, 3.63) is 18.2 Å². The van der Waals surface area contributed by atoms with Crippen molar-refractivity contribution in [3.63, 3.8) is 0 Å². The Labute approximate surface area is 83.5 Å². The molecule has 1 heterocycles. The lowest BCUT2D eigenvalue weighted by molar-refractivity contribution is 0.0879. The molecule has 1 unspecified atom stereocenters. The molecule has 0 amide bonds. The molecule has 5 heteroatoms. The highest BCUT2D eigenvalue weighted by Crippen LogP contribution is 2.00. The Bertz CT molecular complexity index is 281. The number of aromatic amines is 1. The van der Waals surface area contributed by atoms with Gasteiger partial charge in [-0.1, -0.05) is 6.92 Å². The van der Waals surface area contributed by atoms with Gasteiger partial charge in [0.1, 0.15) is 0 Å². The molecule has 0 aliphatic heterocycles. The Balaban J connectivity index is 2.66. The summed E-state index contributed by atoms with van der Waals surface area (Å²) < 4.78 is 0. The fourth-order valence-corrected chi connectivity index (χ4v) is 1.21. The number of hydrogen-bond donors (Lipinski definition) is 2. The second-order valence-electron chi connectivity index (χ2n) is 3.29. The lowest BCUT2D eigenvalue weighted by Crippen LogP contribution is -2.44. The summed E-state index contributed by atoms with van der Waals surface area (Å²) in [6.45, 7) is 1.96. The molecule has 0 radical (unpaired) electrons. The number of rotatable bonds is 5. The van der Waals surface area contributed by atoms with Gasteiger partial charge in [0.15, 0.2) is 5.82 Å². The molecule has 0 saturated heterocycles. The monoisotopic (exact) mass is 196 g/mol. The smallest absolute Gasteiger partial charge is 0.216 e. The molecule has 1 aromatic rings. The van der Waals surface area contributed by atoms with Crippen LogP contribution in [0.3, 0.4) is 0 Å². The van der Waals surface area contributed by atoms with Gasteiger partial charge in [-0.05, 0) is 6.42 Å². The van der Waals surface area contributed by atoms with E-state index in [2.05, 4.69) is 15.4 Å². The Hall–Kier alpha value is -1.20. The molecule has 0 aliphatic rings. The number of nitrogens with zero attached hydrogens (tertiary/aromatic N) is 2. The Morgan fingerprint density at radius 3 is 2.86 bits per heavy atom. The Morgan fingerprint density at radius 2 is 2.43 bits per heavy atom. The van der Waals surface area contributed by atoms with Crippen LogP contribution in [0.2, 0.25) is 0 Å². The van der Waals surface area contributed by atoms with E-state index in [1.54, 1.807) is 17.4 Å². The van der Waals surface area contributed by atoms with Crippen LogP contribution in [0.25, 0.3) is 0 Å². The summed E-state index contributed by atoms with van der Waals surface area (Å²) in [5, 5.41) is 1.77. The van der Waals surface area contributed by atoms with E-state index in [0.29, 0.717) is 5.82 Å². The van der Waals surface area contributed by atoms with E-state index < -0.39 is 0 Å². The van der Waals surface area contributed by atoms with Gasteiger partial charge in [-0.15, -0.1) is 0 Å². The van der Waals surface area contributed by atoms with Gasteiger partial charge in [-0.3, -0.25) is 4.79 Å². The zero-order valence-electron chi connectivity index (χ0n) is 8.74. The average Bonchev–Trinajstić information content (AvgIpc) is 2.65. The van der Waals surface area contributed by atoms with Gasteiger partial charge in [0.05, 0.1) is 6.04 Å². The number of carbonyl (C=O) groups is 1. The summed E-state index contributed by atoms with van der Waals surface area (Å²) in [4.78, 5) is 18.5. The first-order chi connectivity index (χ1) is 6.65. The quantitative estimate of drug-likeness (QED) is 0.530. The fraction of sp³-hybridized carbons (Fsp3) is 0.556. The van der Waals surface area contributed by atoms with Crippen LogP contribution in [-0.4, -0.2) is 40.9 Å². The number of aromatic nitrogens is 2. The number of hydrazine groups is 1. The number of ketones is 1. The van der Waals surface area contributed by atoms with Crippen LogP contribution >= 0.6 is 0 Å². The number of carbonyl (C=O) groups excluding carboxylic acids is 1. The van der Waals surface area contributed by atoms with Gasteiger partial charge in [0, 0.05) is 26.5 Å². The van der Waals surface area contributed by atoms with Crippen molar-refractivity contribution in [2.75, 3.05) is 14.1 Å². The molecule has 0 fully saturated rings. The average molecular weight is 196 g/mol. The highest BCUT2D eigenvalue weighted by molar-refractivity contribution is 5.96. The minimum absolute atomic E-state index is 0.00815. The highest BCUT2D eigenvalue weighted by Gasteiger charge is 2.20. The molecule has 2 N–H and O–H groups in total. The summed E-state index contributed by atoms with van der Waals surface area (Å²) in [6.07, 6.45) is 3.96. The molecule has 0 bridgehead atoms. The first-order valence-electron chi connectivity index (χ1n) is 4.62. The molecule has 78 valence electrons. The van der Waals surface area contributed by atoms with Gasteiger partial charge < -0.3 is 4.98 Å². The molecule has 1 rings (SSSR count). The van der Waals surface area contributed by atoms with Crippen LogP contribution in [0, 0.1) is 0 Å². The standard InChI is InChI=1S/C9H16N4O/c1-4-7(12-13(2)3)8(14)9-10-5-6-11-9/h5-7,12H,4H2,1-3H3,(H,10,11). The van der Waals surface area contributed by atoms with E-state index in [1.165, 1.54) is 0 Å². The van der Waals surface area contributed by atoms with Crippen molar-refractivity contribution in [2.24, 2.45) is 0 Å². The zero-order valence-corrected chi connectivity index (χ0v) is 8.74. The molecule has 0 aromatic carbocycles. The number of Topliss-reactive ketones (excluding diaryl/α,β-unsaturated/α-hetero) is 1. The Kier molecular flexibility index (Phi) is 3.79. The highest BCUT2D eigenvalue weighted by atomic mass is 16.1. The predicted molar refractivity (Wildman–Crippen MR) is 53.8 cm³/mol. The minimum Gasteiger partial charge on any atom is -0.342 e. The van der Waals surface area contributed by atoms with Gasteiger partial charge in [0.25, 0.3) is 0 Å². The predicted octanol–water partition coefficient (Wildman–Crippen LogP) is 0.437. The van der Waals surface area contributed by atoms with Gasteiger partial charge in [-0.2, -0.15) is 0 Å². The van der Waals surface area contributed by atoms with Crippen LogP contribution in [0.4, 0.5) is 0 Å². The van der Waals surface area contributed by atoms with Gasteiger partial charge in [0.2, 0.25) is 5.78 Å². The molecule has 0 aliphatic carbocycles. The van der Waals surface area contributed by atoms with E-state index in [9.17, 15) is 4.79 Å². The topological polar surface area (TPSA) is 61.0 Å². The van der Waals surface area contributed by atoms with E-state index in [-0.39, 0.29) is 11.8 Å². The normalized spacial score (nSPS) is 13.1. The number of H-pyrrole nitrogens is 1. The van der Waals surface area contributed by atoms with E-state index in [4.69, 9.17) is 0 Å². The summed E-state index contributed by atoms with van der Waals surface area (Å²) in [5.41, 5.74) is 3.04. The third kappa shape index (κ3) is 2.65. The molecule has 0 spiro atoms. The maximum atomic E-state index is 11.8.